The molecule has 0 bridgehead atoms. The second kappa shape index (κ2) is 8.48. The van der Waals surface area contributed by atoms with E-state index in [-0.39, 0.29) is 6.61 Å². The predicted molar refractivity (Wildman–Crippen MR) is 95.2 cm³/mol. The molecule has 1 fully saturated rings. The quantitative estimate of drug-likeness (QED) is 0.553. The Balaban J connectivity index is 1.91. The molecule has 168 valence electrons. The number of carbonyl (C=O) groups excluding carboxylic acids is 1. The van der Waals surface area contributed by atoms with Crippen LogP contribution < -0.4 is 5.32 Å². The van der Waals surface area contributed by atoms with Crippen LogP contribution in [0, 0.1) is 23.3 Å². The van der Waals surface area contributed by atoms with Crippen molar-refractivity contribution < 1.29 is 44.3 Å². The first-order valence-electron chi connectivity index (χ1n) is 8.62. The average molecular weight is 468 g/mol. The number of hydrogen-bond donors (Lipinski definition) is 1. The summed E-state index contributed by atoms with van der Waals surface area (Å²) >= 11 is 0. The van der Waals surface area contributed by atoms with Gasteiger partial charge in [0.15, 0.2) is 17.5 Å². The summed E-state index contributed by atoms with van der Waals surface area (Å²) in [5, 5.41) is 2.01. The molecular weight excluding hydrogens is 454 g/mol. The summed E-state index contributed by atoms with van der Waals surface area (Å²) in [5.41, 5.74) is -0.942. The molecule has 6 nitrogen and oxygen atoms in total. The Morgan fingerprint density at radius 3 is 2.32 bits per heavy atom. The molecule has 13 heteroatoms. The van der Waals surface area contributed by atoms with Gasteiger partial charge in [-0.25, -0.2) is 34.8 Å². The molecular formula is C18H14F6N2O4S. The fourth-order valence-electron chi connectivity index (χ4n) is 2.79. The summed E-state index contributed by atoms with van der Waals surface area (Å²) in [6, 6.07) is 3.06. The lowest BCUT2D eigenvalue weighted by Crippen LogP contribution is -2.41. The van der Waals surface area contributed by atoms with E-state index >= 15 is 0 Å². The molecule has 1 aliphatic heterocycles. The molecule has 1 amide bonds. The van der Waals surface area contributed by atoms with E-state index in [0.717, 1.165) is 6.07 Å². The number of benzene rings is 2. The first-order valence-corrected chi connectivity index (χ1v) is 10.1. The number of anilines is 1. The van der Waals surface area contributed by atoms with E-state index in [2.05, 4.69) is 4.74 Å². The maximum atomic E-state index is 14.3. The highest BCUT2D eigenvalue weighted by Crippen LogP contribution is 2.27. The van der Waals surface area contributed by atoms with Crippen LogP contribution in [0.5, 0.6) is 0 Å². The molecule has 1 aliphatic rings. The smallest absolute Gasteiger partial charge is 0.284 e. The number of alkyl halides is 2. The Morgan fingerprint density at radius 1 is 1.03 bits per heavy atom. The van der Waals surface area contributed by atoms with Gasteiger partial charge in [-0.2, -0.15) is 4.31 Å². The summed E-state index contributed by atoms with van der Waals surface area (Å²) in [5.74, 6) is -10.8. The summed E-state index contributed by atoms with van der Waals surface area (Å²) in [4.78, 5) is 11.3. The summed E-state index contributed by atoms with van der Waals surface area (Å²) in [6.07, 6.45) is 0. The van der Waals surface area contributed by atoms with Gasteiger partial charge in [-0.05, 0) is 18.2 Å². The van der Waals surface area contributed by atoms with Gasteiger partial charge in [0.05, 0.1) is 13.2 Å². The van der Waals surface area contributed by atoms with Crippen LogP contribution in [0.25, 0.3) is 0 Å². The zero-order valence-electron chi connectivity index (χ0n) is 15.5. The third-order valence-electron chi connectivity index (χ3n) is 4.26. The van der Waals surface area contributed by atoms with Crippen molar-refractivity contribution in [1.82, 2.24) is 4.31 Å². The minimum Gasteiger partial charge on any atom is -0.374 e. The fraction of sp³-hybridized carbons (Fsp3) is 0.278. The lowest BCUT2D eigenvalue weighted by atomic mass is 10.2. The molecule has 31 heavy (non-hydrogen) atoms. The highest BCUT2D eigenvalue weighted by atomic mass is 32.2. The molecule has 0 radical (unpaired) electrons. The largest absolute Gasteiger partial charge is 0.374 e. The molecule has 0 saturated carbocycles. The average Bonchev–Trinajstić information content (AvgIpc) is 2.87. The lowest BCUT2D eigenvalue weighted by molar-refractivity contribution is -0.0631. The van der Waals surface area contributed by atoms with Crippen LogP contribution >= 0.6 is 0 Å². The predicted octanol–water partition coefficient (Wildman–Crippen LogP) is 3.15. The number of halogens is 6. The number of rotatable bonds is 4. The molecule has 0 aliphatic carbocycles. The zero-order valence-corrected chi connectivity index (χ0v) is 16.3. The van der Waals surface area contributed by atoms with Gasteiger partial charge in [0.1, 0.15) is 17.3 Å². The minimum absolute atomic E-state index is 0.338. The Kier molecular flexibility index (Phi) is 6.30. The van der Waals surface area contributed by atoms with E-state index in [9.17, 15) is 39.6 Å². The minimum atomic E-state index is -4.79. The second-order valence-corrected chi connectivity index (χ2v) is 8.51. The van der Waals surface area contributed by atoms with Gasteiger partial charge < -0.3 is 10.1 Å². The fourth-order valence-corrected chi connectivity index (χ4v) is 4.33. The van der Waals surface area contributed by atoms with Crippen LogP contribution in [-0.2, 0) is 14.8 Å². The van der Waals surface area contributed by atoms with Crippen LogP contribution in [-0.4, -0.2) is 50.9 Å². The van der Waals surface area contributed by atoms with E-state index in [1.54, 1.807) is 0 Å². The third kappa shape index (κ3) is 4.99. The van der Waals surface area contributed by atoms with Crippen LogP contribution in [0.2, 0.25) is 0 Å². The highest BCUT2D eigenvalue weighted by molar-refractivity contribution is 7.89. The zero-order chi connectivity index (χ0) is 23.0. The first kappa shape index (κ1) is 23.0. The number of sulfonamides is 1. The van der Waals surface area contributed by atoms with E-state index in [1.165, 1.54) is 0 Å². The highest BCUT2D eigenvalue weighted by Gasteiger charge is 2.40. The summed E-state index contributed by atoms with van der Waals surface area (Å²) in [7, 11) is -4.79. The Morgan fingerprint density at radius 2 is 1.68 bits per heavy atom. The molecule has 2 aromatic rings. The van der Waals surface area contributed by atoms with Gasteiger partial charge in [0.25, 0.3) is 11.8 Å². The summed E-state index contributed by atoms with van der Waals surface area (Å²) in [6.45, 7) is -3.08. The van der Waals surface area contributed by atoms with E-state index in [1.807, 2.05) is 5.32 Å². The van der Waals surface area contributed by atoms with Gasteiger partial charge >= 0.3 is 0 Å². The van der Waals surface area contributed by atoms with Gasteiger partial charge in [-0.15, -0.1) is 0 Å². The number of nitrogens with zero attached hydrogens (tertiary/aromatic N) is 1. The van der Waals surface area contributed by atoms with Crippen molar-refractivity contribution in [3.63, 3.8) is 0 Å². The van der Waals surface area contributed by atoms with E-state index in [4.69, 9.17) is 0 Å². The molecule has 1 heterocycles. The topological polar surface area (TPSA) is 75.7 Å². The normalized spacial score (nSPS) is 17.2. The Hall–Kier alpha value is -2.64. The van der Waals surface area contributed by atoms with E-state index < -0.39 is 81.0 Å². The van der Waals surface area contributed by atoms with Crippen molar-refractivity contribution in [1.29, 1.82) is 0 Å². The number of carbonyl (C=O) groups is 1. The molecule has 1 N–H and O–H groups in total. The molecule has 0 aromatic heterocycles. The maximum absolute atomic E-state index is 14.3. The second-order valence-electron chi connectivity index (χ2n) is 6.60. The van der Waals surface area contributed by atoms with Crippen LogP contribution in [0.4, 0.5) is 32.0 Å². The van der Waals surface area contributed by atoms with Crippen molar-refractivity contribution in [3.8, 4) is 0 Å². The monoisotopic (exact) mass is 468 g/mol. The van der Waals surface area contributed by atoms with Crippen molar-refractivity contribution in [2.24, 2.45) is 0 Å². The van der Waals surface area contributed by atoms with Crippen molar-refractivity contribution in [2.45, 2.75) is 10.8 Å². The lowest BCUT2D eigenvalue weighted by Gasteiger charge is -2.23. The van der Waals surface area contributed by atoms with E-state index in [0.29, 0.717) is 28.6 Å². The number of hydrogen-bond acceptors (Lipinski definition) is 4. The van der Waals surface area contributed by atoms with Gasteiger partial charge in [-0.1, -0.05) is 0 Å². The number of ether oxygens (including phenoxy) is 1. The first-order chi connectivity index (χ1) is 14.4. The summed E-state index contributed by atoms with van der Waals surface area (Å²) < 4.78 is 112. The maximum Gasteiger partial charge on any atom is 0.284 e. The molecule has 0 atom stereocenters. The van der Waals surface area contributed by atoms with Crippen molar-refractivity contribution in [3.05, 3.63) is 59.2 Å². The van der Waals surface area contributed by atoms with Gasteiger partial charge in [-0.3, -0.25) is 4.79 Å². The number of nitrogens with one attached hydrogen (secondary N) is 1. The van der Waals surface area contributed by atoms with Crippen LogP contribution in [0.3, 0.4) is 0 Å². The van der Waals surface area contributed by atoms with Crippen LogP contribution in [0.1, 0.15) is 10.4 Å². The Bertz CT molecular complexity index is 1100. The Labute approximate surface area is 172 Å². The molecule has 0 spiro atoms. The molecule has 0 unspecified atom stereocenters. The standard InChI is InChI=1S/C18H14F6N2O4S/c19-12-2-1-10(17(27)25-11-6-13(20)16(22)14(21)7-11)5-15(12)31(28,29)26-3-4-30-9-18(23,24)8-26/h1-2,5-7H,3-4,8-9H2,(H,25,27). The van der Waals surface area contributed by atoms with Crippen molar-refractivity contribution in [2.75, 3.05) is 31.6 Å². The van der Waals surface area contributed by atoms with Crippen molar-refractivity contribution >= 4 is 21.6 Å². The molecule has 2 aromatic carbocycles. The molecule has 3 rings (SSSR count). The van der Waals surface area contributed by atoms with Gasteiger partial charge in [0.2, 0.25) is 10.0 Å². The number of amides is 1. The molecule has 1 saturated heterocycles. The van der Waals surface area contributed by atoms with Crippen LogP contribution in [0.15, 0.2) is 35.2 Å². The SMILES string of the molecule is O=C(Nc1cc(F)c(F)c(F)c1)c1ccc(F)c(S(=O)(=O)N2CCOCC(F)(F)C2)c1. The third-order valence-corrected chi connectivity index (χ3v) is 6.12. The van der Waals surface area contributed by atoms with Gasteiger partial charge in [0, 0.05) is 29.9 Å².